The van der Waals surface area contributed by atoms with Crippen LogP contribution in [0.5, 0.6) is 5.75 Å². The minimum atomic E-state index is 0.853. The standard InChI is InChI=1S/C22H31N5O2S2/c1-28-19-5-2-4-18(16-19)20-17-31-22(24-20)27-10-8-26(9-11-27)21(30)23-6-3-7-25-12-14-29-15-13-25/h2,4-5,16-17H,3,6-15H2,1H3,(H,23,30). The van der Waals surface area contributed by atoms with Crippen molar-refractivity contribution in [1.82, 2.24) is 20.1 Å². The molecule has 0 saturated carbocycles. The molecule has 1 aromatic carbocycles. The monoisotopic (exact) mass is 461 g/mol. The molecule has 2 saturated heterocycles. The lowest BCUT2D eigenvalue weighted by atomic mass is 10.2. The van der Waals surface area contributed by atoms with Crippen LogP contribution in [0.3, 0.4) is 0 Å². The molecule has 0 spiro atoms. The number of methoxy groups -OCH3 is 1. The third-order valence-corrected chi connectivity index (χ3v) is 7.03. The number of piperazine rings is 1. The first-order valence-corrected chi connectivity index (χ1v) is 12.2. The smallest absolute Gasteiger partial charge is 0.185 e. The number of ether oxygens (including phenoxy) is 2. The summed E-state index contributed by atoms with van der Waals surface area (Å²) in [6.45, 7) is 9.53. The average Bonchev–Trinajstić information content (AvgIpc) is 3.33. The Morgan fingerprint density at radius 3 is 2.77 bits per heavy atom. The molecular weight excluding hydrogens is 430 g/mol. The third-order valence-electron chi connectivity index (χ3n) is 5.73. The van der Waals surface area contributed by atoms with Crippen molar-refractivity contribution in [3.05, 3.63) is 29.6 Å². The van der Waals surface area contributed by atoms with E-state index in [1.165, 1.54) is 0 Å². The van der Waals surface area contributed by atoms with E-state index in [0.717, 1.165) is 99.2 Å². The molecule has 2 aliphatic rings. The van der Waals surface area contributed by atoms with Gasteiger partial charge in [-0.05, 0) is 37.3 Å². The highest BCUT2D eigenvalue weighted by Crippen LogP contribution is 2.29. The van der Waals surface area contributed by atoms with Gasteiger partial charge in [0.2, 0.25) is 0 Å². The predicted octanol–water partition coefficient (Wildman–Crippen LogP) is 2.54. The van der Waals surface area contributed by atoms with Crippen molar-refractivity contribution < 1.29 is 9.47 Å². The van der Waals surface area contributed by atoms with Crippen molar-refractivity contribution >= 4 is 33.8 Å². The number of hydrogen-bond donors (Lipinski definition) is 1. The summed E-state index contributed by atoms with van der Waals surface area (Å²) in [5.41, 5.74) is 2.08. The number of hydrogen-bond acceptors (Lipinski definition) is 7. The molecule has 2 fully saturated rings. The number of anilines is 1. The lowest BCUT2D eigenvalue weighted by Gasteiger charge is -2.36. The van der Waals surface area contributed by atoms with Crippen molar-refractivity contribution in [1.29, 1.82) is 0 Å². The number of benzene rings is 1. The van der Waals surface area contributed by atoms with Crippen LogP contribution in [0, 0.1) is 0 Å². The zero-order valence-electron chi connectivity index (χ0n) is 18.1. The van der Waals surface area contributed by atoms with Gasteiger partial charge in [-0.1, -0.05) is 12.1 Å². The third kappa shape index (κ3) is 6.06. The van der Waals surface area contributed by atoms with Gasteiger partial charge in [0.1, 0.15) is 5.75 Å². The first kappa shape index (κ1) is 22.3. The zero-order valence-corrected chi connectivity index (χ0v) is 19.7. The summed E-state index contributed by atoms with van der Waals surface area (Å²) in [7, 11) is 1.69. The van der Waals surface area contributed by atoms with Crippen molar-refractivity contribution in [2.45, 2.75) is 6.42 Å². The van der Waals surface area contributed by atoms with E-state index >= 15 is 0 Å². The topological polar surface area (TPSA) is 53.1 Å². The van der Waals surface area contributed by atoms with Crippen LogP contribution in [0.4, 0.5) is 5.13 Å². The van der Waals surface area contributed by atoms with E-state index in [1.54, 1.807) is 18.4 Å². The van der Waals surface area contributed by atoms with E-state index < -0.39 is 0 Å². The molecule has 0 radical (unpaired) electrons. The van der Waals surface area contributed by atoms with E-state index in [9.17, 15) is 0 Å². The SMILES string of the molecule is COc1cccc(-c2csc(N3CCN(C(=S)NCCCN4CCOCC4)CC3)n2)c1. The van der Waals surface area contributed by atoms with E-state index in [4.69, 9.17) is 26.7 Å². The fourth-order valence-corrected chi connectivity index (χ4v) is 5.03. The molecule has 31 heavy (non-hydrogen) atoms. The summed E-state index contributed by atoms with van der Waals surface area (Å²) in [5, 5.41) is 7.51. The highest BCUT2D eigenvalue weighted by Gasteiger charge is 2.21. The van der Waals surface area contributed by atoms with Gasteiger partial charge in [0, 0.05) is 56.8 Å². The van der Waals surface area contributed by atoms with Crippen LogP contribution in [0.25, 0.3) is 11.3 Å². The lowest BCUT2D eigenvalue weighted by molar-refractivity contribution is 0.0376. The van der Waals surface area contributed by atoms with Crippen LogP contribution in [0.1, 0.15) is 6.42 Å². The molecule has 3 heterocycles. The molecule has 9 heteroatoms. The second-order valence-corrected chi connectivity index (χ2v) is 8.98. The quantitative estimate of drug-likeness (QED) is 0.499. The second-order valence-electron chi connectivity index (χ2n) is 7.76. The molecule has 2 aliphatic heterocycles. The first-order valence-electron chi connectivity index (χ1n) is 10.9. The molecule has 1 aromatic heterocycles. The molecular formula is C22H31N5O2S2. The molecule has 0 bridgehead atoms. The Labute approximate surface area is 193 Å². The number of aromatic nitrogens is 1. The van der Waals surface area contributed by atoms with Gasteiger partial charge in [0.15, 0.2) is 10.2 Å². The highest BCUT2D eigenvalue weighted by molar-refractivity contribution is 7.80. The Balaban J connectivity index is 1.20. The molecule has 4 rings (SSSR count). The van der Waals surface area contributed by atoms with Gasteiger partial charge in [-0.2, -0.15) is 0 Å². The fourth-order valence-electron chi connectivity index (χ4n) is 3.86. The number of morpholine rings is 1. The molecule has 0 amide bonds. The summed E-state index contributed by atoms with van der Waals surface area (Å²) in [6.07, 6.45) is 1.10. The molecule has 0 atom stereocenters. The van der Waals surface area contributed by atoms with Gasteiger partial charge in [0.05, 0.1) is 26.0 Å². The second kappa shape index (κ2) is 11.1. The predicted molar refractivity (Wildman–Crippen MR) is 130 cm³/mol. The zero-order chi connectivity index (χ0) is 21.5. The normalized spacial score (nSPS) is 17.6. The van der Waals surface area contributed by atoms with E-state index in [1.807, 2.05) is 18.2 Å². The number of rotatable bonds is 7. The van der Waals surface area contributed by atoms with Crippen LogP contribution >= 0.6 is 23.6 Å². The Bertz CT molecular complexity index is 848. The lowest BCUT2D eigenvalue weighted by Crippen LogP contribution is -2.52. The Morgan fingerprint density at radius 2 is 2.00 bits per heavy atom. The van der Waals surface area contributed by atoms with Crippen molar-refractivity contribution in [3.8, 4) is 17.0 Å². The van der Waals surface area contributed by atoms with Crippen LogP contribution in [-0.2, 0) is 4.74 Å². The van der Waals surface area contributed by atoms with E-state index in [-0.39, 0.29) is 0 Å². The summed E-state index contributed by atoms with van der Waals surface area (Å²) >= 11 is 7.33. The van der Waals surface area contributed by atoms with Gasteiger partial charge in [0.25, 0.3) is 0 Å². The molecule has 2 aromatic rings. The Kier molecular flexibility index (Phi) is 7.96. The van der Waals surface area contributed by atoms with Crippen LogP contribution < -0.4 is 15.0 Å². The number of nitrogens with zero attached hydrogens (tertiary/aromatic N) is 4. The van der Waals surface area contributed by atoms with E-state index in [0.29, 0.717) is 0 Å². The average molecular weight is 462 g/mol. The number of nitrogens with one attached hydrogen (secondary N) is 1. The molecule has 168 valence electrons. The Morgan fingerprint density at radius 1 is 1.19 bits per heavy atom. The molecule has 7 nitrogen and oxygen atoms in total. The molecule has 1 N–H and O–H groups in total. The highest BCUT2D eigenvalue weighted by atomic mass is 32.1. The Hall–Kier alpha value is -1.94. The van der Waals surface area contributed by atoms with Gasteiger partial charge >= 0.3 is 0 Å². The van der Waals surface area contributed by atoms with Crippen molar-refractivity contribution in [3.63, 3.8) is 0 Å². The largest absolute Gasteiger partial charge is 0.497 e. The van der Waals surface area contributed by atoms with E-state index in [2.05, 4.69) is 31.5 Å². The minimum absolute atomic E-state index is 0.853. The summed E-state index contributed by atoms with van der Waals surface area (Å²) < 4.78 is 10.7. The van der Waals surface area contributed by atoms with Gasteiger partial charge in [-0.15, -0.1) is 11.3 Å². The van der Waals surface area contributed by atoms with Crippen molar-refractivity contribution in [2.24, 2.45) is 0 Å². The summed E-state index contributed by atoms with van der Waals surface area (Å²) in [4.78, 5) is 12.0. The minimum Gasteiger partial charge on any atom is -0.497 e. The maximum Gasteiger partial charge on any atom is 0.185 e. The van der Waals surface area contributed by atoms with Gasteiger partial charge in [-0.3, -0.25) is 4.90 Å². The maximum absolute atomic E-state index is 5.63. The molecule has 0 aliphatic carbocycles. The molecule has 0 unspecified atom stereocenters. The van der Waals surface area contributed by atoms with Crippen LogP contribution in [-0.4, -0.2) is 92.6 Å². The van der Waals surface area contributed by atoms with Crippen LogP contribution in [0.15, 0.2) is 29.6 Å². The number of thiocarbonyl (C=S) groups is 1. The summed E-state index contributed by atoms with van der Waals surface area (Å²) in [6, 6.07) is 8.05. The van der Waals surface area contributed by atoms with Gasteiger partial charge in [-0.25, -0.2) is 4.98 Å². The fraction of sp³-hybridized carbons (Fsp3) is 0.545. The van der Waals surface area contributed by atoms with Crippen LogP contribution in [0.2, 0.25) is 0 Å². The first-order chi connectivity index (χ1) is 15.2. The van der Waals surface area contributed by atoms with Crippen molar-refractivity contribution in [2.75, 3.05) is 77.6 Å². The van der Waals surface area contributed by atoms with Gasteiger partial charge < -0.3 is 24.6 Å². The maximum atomic E-state index is 5.63. The number of thiazole rings is 1. The summed E-state index contributed by atoms with van der Waals surface area (Å²) in [5.74, 6) is 0.853.